The molecule has 1 aliphatic heterocycles. The van der Waals surface area contributed by atoms with E-state index in [0.717, 1.165) is 4.90 Å². The third kappa shape index (κ3) is 2.28. The van der Waals surface area contributed by atoms with Crippen LogP contribution in [0.1, 0.15) is 73.0 Å². The van der Waals surface area contributed by atoms with E-state index in [0.29, 0.717) is 17.5 Å². The average molecular weight is 306 g/mol. The van der Waals surface area contributed by atoms with Crippen LogP contribution in [0.2, 0.25) is 0 Å². The zero-order valence-corrected chi connectivity index (χ0v) is 12.5. The van der Waals surface area contributed by atoms with Crippen LogP contribution in [-0.2, 0) is 24.0 Å². The van der Waals surface area contributed by atoms with E-state index in [1.807, 2.05) is 0 Å². The van der Waals surface area contributed by atoms with Gasteiger partial charge < -0.3 is 0 Å². The molecule has 0 radical (unpaired) electrons. The van der Waals surface area contributed by atoms with Gasteiger partial charge in [0.25, 0.3) is 0 Å². The van der Waals surface area contributed by atoms with Crippen molar-refractivity contribution in [3.63, 3.8) is 0 Å². The topological polar surface area (TPSA) is 3.24 Å². The smallest absolute Gasteiger partial charge is 0.0420 e. The highest BCUT2D eigenvalue weighted by molar-refractivity contribution is 5.45. The second-order valence-corrected chi connectivity index (χ2v) is 5.73. The highest BCUT2D eigenvalue weighted by atomic mass is 15.3. The second kappa shape index (κ2) is 5.24. The molecule has 116 valence electrons. The van der Waals surface area contributed by atoms with E-state index >= 15 is 0 Å². The Labute approximate surface area is 151 Å². The molecule has 1 heteroatoms. The third-order valence-electron chi connectivity index (χ3n) is 4.27. The van der Waals surface area contributed by atoms with Crippen molar-refractivity contribution >= 4 is 0 Å². The molecule has 0 bridgehead atoms. The van der Waals surface area contributed by atoms with Crippen LogP contribution in [0, 0.1) is 0 Å². The molecule has 1 aliphatic rings. The van der Waals surface area contributed by atoms with Gasteiger partial charge in [0, 0.05) is 34.1 Å². The molecule has 2 aromatic rings. The van der Waals surface area contributed by atoms with Crippen LogP contribution in [0.25, 0.3) is 0 Å². The van der Waals surface area contributed by atoms with Crippen LogP contribution < -0.4 is 0 Å². The van der Waals surface area contributed by atoms with Gasteiger partial charge in [-0.25, -0.2) is 0 Å². The maximum atomic E-state index is 8.44. The van der Waals surface area contributed by atoms with E-state index in [1.165, 1.54) is 18.2 Å². The minimum atomic E-state index is -3.30. The normalized spacial score (nSPS) is 29.5. The Kier molecular flexibility index (Phi) is 1.55. The molecule has 0 aromatic heterocycles. The highest BCUT2D eigenvalue weighted by Crippen LogP contribution is 2.50. The molecule has 0 saturated heterocycles. The lowest BCUT2D eigenvalue weighted by Gasteiger charge is -2.41. The van der Waals surface area contributed by atoms with Crippen molar-refractivity contribution in [2.24, 2.45) is 0 Å². The number of hydrogen-bond acceptors (Lipinski definition) is 1. The van der Waals surface area contributed by atoms with Crippen LogP contribution in [0.3, 0.4) is 0 Å². The number of nitrogens with zero attached hydrogens (tertiary/aromatic N) is 1. The van der Waals surface area contributed by atoms with Crippen LogP contribution >= 0.6 is 0 Å². The Morgan fingerprint density at radius 1 is 0.864 bits per heavy atom. The molecule has 1 heterocycles. The summed E-state index contributed by atoms with van der Waals surface area (Å²) in [6.45, 7) is -11.9. The van der Waals surface area contributed by atoms with Crippen LogP contribution in [0.4, 0.5) is 0 Å². The SMILES string of the molecule is [2H]C([2H])([2H])C1(C([2H])([2H])[2H])c2ccc(CC)cc2C(C([2H])([2H])[2H])(C([2H])([2H])[2H])N1Cc1ccccc1. The number of benzene rings is 2. The number of hydrogen-bond donors (Lipinski definition) is 0. The summed E-state index contributed by atoms with van der Waals surface area (Å²) in [5, 5.41) is 0. The fraction of sp³-hybridized carbons (Fsp3) is 0.429. The van der Waals surface area contributed by atoms with Gasteiger partial charge in [-0.05, 0) is 56.1 Å². The predicted molar refractivity (Wildman–Crippen MR) is 93.9 cm³/mol. The summed E-state index contributed by atoms with van der Waals surface area (Å²) in [7, 11) is 0. The summed E-state index contributed by atoms with van der Waals surface area (Å²) in [6.07, 6.45) is 0.415. The molecule has 2 aromatic carbocycles. The maximum absolute atomic E-state index is 8.44. The van der Waals surface area contributed by atoms with Gasteiger partial charge in [0.1, 0.15) is 0 Å². The Balaban J connectivity index is 2.62. The summed E-state index contributed by atoms with van der Waals surface area (Å²) in [6, 6.07) is 12.3. The van der Waals surface area contributed by atoms with Crippen LogP contribution in [0.15, 0.2) is 48.5 Å². The number of fused-ring (bicyclic) bond motifs is 1. The van der Waals surface area contributed by atoms with Gasteiger partial charge in [0.05, 0.1) is 0 Å². The summed E-state index contributed by atoms with van der Waals surface area (Å²) < 4.78 is 101. The lowest BCUT2D eigenvalue weighted by atomic mass is 9.89. The standard InChI is InChI=1S/C21H27N/c1-6-16-12-13-18-19(14-16)21(4,5)22(20(18,2)3)15-17-10-8-7-9-11-17/h7-14H,6,15H2,1-5H3/i2D3,3D3,4D3,5D3. The molecule has 0 saturated carbocycles. The zero-order chi connectivity index (χ0) is 26.0. The van der Waals surface area contributed by atoms with E-state index in [9.17, 15) is 0 Å². The molecule has 0 N–H and O–H groups in total. The van der Waals surface area contributed by atoms with Crippen molar-refractivity contribution in [1.82, 2.24) is 4.90 Å². The maximum Gasteiger partial charge on any atom is 0.0420 e. The van der Waals surface area contributed by atoms with Crippen molar-refractivity contribution in [2.75, 3.05) is 0 Å². The molecule has 0 amide bonds. The molecule has 0 unspecified atom stereocenters. The fourth-order valence-corrected chi connectivity index (χ4v) is 2.97. The van der Waals surface area contributed by atoms with Gasteiger partial charge in [-0.2, -0.15) is 0 Å². The first-order chi connectivity index (χ1) is 15.4. The van der Waals surface area contributed by atoms with Crippen molar-refractivity contribution < 1.29 is 16.4 Å². The lowest BCUT2D eigenvalue weighted by Crippen LogP contribution is -2.44. The molecule has 0 fully saturated rings. The van der Waals surface area contributed by atoms with Crippen LogP contribution in [0.5, 0.6) is 0 Å². The highest BCUT2D eigenvalue weighted by Gasteiger charge is 2.48. The van der Waals surface area contributed by atoms with Gasteiger partial charge in [0.2, 0.25) is 0 Å². The first-order valence-corrected chi connectivity index (χ1v) is 7.33. The summed E-state index contributed by atoms with van der Waals surface area (Å²) in [5.41, 5.74) is -5.40. The average Bonchev–Trinajstić information content (AvgIpc) is 2.95. The minimum Gasteiger partial charge on any atom is -0.281 e. The Bertz CT molecular complexity index is 1000. The quantitative estimate of drug-likeness (QED) is 0.750. The summed E-state index contributed by atoms with van der Waals surface area (Å²) in [5.74, 6) is 0. The van der Waals surface area contributed by atoms with E-state index in [2.05, 4.69) is 0 Å². The zero-order valence-electron chi connectivity index (χ0n) is 24.5. The van der Waals surface area contributed by atoms with E-state index in [4.69, 9.17) is 16.4 Å². The molecule has 0 atom stereocenters. The molecule has 3 rings (SSSR count). The first-order valence-electron chi connectivity index (χ1n) is 13.3. The van der Waals surface area contributed by atoms with Crippen molar-refractivity contribution in [3.8, 4) is 0 Å². The summed E-state index contributed by atoms with van der Waals surface area (Å²) in [4.78, 5) is 0.722. The second-order valence-electron chi connectivity index (χ2n) is 5.73. The van der Waals surface area contributed by atoms with Crippen LogP contribution in [-0.4, -0.2) is 4.90 Å². The number of aryl methyl sites for hydroxylation is 1. The monoisotopic (exact) mass is 305 g/mol. The van der Waals surface area contributed by atoms with Crippen molar-refractivity contribution in [2.45, 2.75) is 58.4 Å². The van der Waals surface area contributed by atoms with E-state index < -0.39 is 45.0 Å². The van der Waals surface area contributed by atoms with Gasteiger partial charge >= 0.3 is 0 Å². The van der Waals surface area contributed by atoms with Gasteiger partial charge in [-0.1, -0.05) is 55.5 Å². The van der Waals surface area contributed by atoms with Crippen molar-refractivity contribution in [3.05, 3.63) is 70.8 Å². The van der Waals surface area contributed by atoms with Gasteiger partial charge in [-0.3, -0.25) is 4.90 Å². The molecule has 1 nitrogen and oxygen atoms in total. The Morgan fingerprint density at radius 3 is 2.18 bits per heavy atom. The molecular weight excluding hydrogens is 266 g/mol. The van der Waals surface area contributed by atoms with Gasteiger partial charge in [0.15, 0.2) is 0 Å². The Hall–Kier alpha value is -1.60. The Morgan fingerprint density at radius 2 is 1.55 bits per heavy atom. The third-order valence-corrected chi connectivity index (χ3v) is 4.27. The minimum absolute atomic E-state index is 0.296. The predicted octanol–water partition coefficient (Wildman–Crippen LogP) is 5.24. The van der Waals surface area contributed by atoms with Crippen molar-refractivity contribution in [1.29, 1.82) is 0 Å². The van der Waals surface area contributed by atoms with E-state index in [-0.39, 0.29) is 11.1 Å². The fourth-order valence-electron chi connectivity index (χ4n) is 2.97. The lowest BCUT2D eigenvalue weighted by molar-refractivity contribution is 0.0312. The van der Waals surface area contributed by atoms with E-state index in [1.54, 1.807) is 37.3 Å². The largest absolute Gasteiger partial charge is 0.281 e. The van der Waals surface area contributed by atoms with Gasteiger partial charge in [-0.15, -0.1) is 0 Å². The molecule has 0 spiro atoms. The molecule has 22 heavy (non-hydrogen) atoms. The summed E-state index contributed by atoms with van der Waals surface area (Å²) >= 11 is 0. The number of rotatable bonds is 3. The molecular formula is C21H27N. The molecule has 0 aliphatic carbocycles. The first kappa shape index (κ1) is 6.49.